The number of ether oxygens (including phenoxy) is 2. The number of hydrogen-bond acceptors (Lipinski definition) is 6. The third-order valence-corrected chi connectivity index (χ3v) is 9.62. The summed E-state index contributed by atoms with van der Waals surface area (Å²) < 4.78 is 11.2. The molecule has 2 aromatic rings. The maximum Gasteiger partial charge on any atom is 0.410 e. The maximum absolute atomic E-state index is 13.6. The van der Waals surface area contributed by atoms with E-state index in [1.54, 1.807) is 0 Å². The van der Waals surface area contributed by atoms with Gasteiger partial charge in [-0.05, 0) is 127 Å². The number of benzene rings is 2. The van der Waals surface area contributed by atoms with Crippen LogP contribution in [0.3, 0.4) is 0 Å². The Kier molecular flexibility index (Phi) is 10.4. The topological polar surface area (TPSA) is 117 Å². The van der Waals surface area contributed by atoms with Crippen molar-refractivity contribution in [2.24, 2.45) is 0 Å². The Morgan fingerprint density at radius 3 is 1.43 bits per heavy atom. The zero-order valence-corrected chi connectivity index (χ0v) is 30.5. The van der Waals surface area contributed by atoms with Crippen molar-refractivity contribution < 1.29 is 28.7 Å². The van der Waals surface area contributed by atoms with Gasteiger partial charge in [-0.15, -0.1) is 0 Å². The van der Waals surface area contributed by atoms with Gasteiger partial charge in [0.2, 0.25) is 11.8 Å². The zero-order valence-electron chi connectivity index (χ0n) is 30.5. The molecule has 49 heavy (non-hydrogen) atoms. The van der Waals surface area contributed by atoms with E-state index in [0.717, 1.165) is 60.8 Å². The molecule has 2 fully saturated rings. The highest BCUT2D eigenvalue weighted by atomic mass is 16.6. The highest BCUT2D eigenvalue weighted by molar-refractivity contribution is 5.99. The van der Waals surface area contributed by atoms with Crippen molar-refractivity contribution in [3.05, 3.63) is 47.5 Å². The average Bonchev–Trinajstić information content (AvgIpc) is 3.74. The largest absolute Gasteiger partial charge is 0.444 e. The summed E-state index contributed by atoms with van der Waals surface area (Å²) in [5.41, 5.74) is 4.37. The molecule has 10 nitrogen and oxygen atoms in total. The summed E-state index contributed by atoms with van der Waals surface area (Å²) in [6.07, 6.45) is 5.43. The number of anilines is 2. The Bertz CT molecular complexity index is 1470. The van der Waals surface area contributed by atoms with Gasteiger partial charge in [-0.1, -0.05) is 38.8 Å². The van der Waals surface area contributed by atoms with Crippen molar-refractivity contribution in [2.75, 3.05) is 23.7 Å². The highest BCUT2D eigenvalue weighted by Gasteiger charge is 2.43. The van der Waals surface area contributed by atoms with Crippen molar-refractivity contribution in [2.45, 2.75) is 135 Å². The first-order chi connectivity index (χ1) is 23.1. The molecule has 2 atom stereocenters. The standard InChI is InChI=1S/C39H54N4O6/c1-9-19-39(20-10-2)29-23-25(40-33(44)31-13-11-21-42(31)35(46)48-37(3,4)5)15-17-27(29)28-18-16-26(24-30(28)39)41-34(45)32-14-12-22-43(32)36(47)49-38(6,7)8/h15-18,23-24,31-32H,9-14,19-22H2,1-8H3,(H,40,44)(H,41,45)/t31-,32-/m0/s1. The smallest absolute Gasteiger partial charge is 0.410 e. The van der Waals surface area contributed by atoms with E-state index in [2.05, 4.69) is 48.7 Å². The Balaban J connectivity index is 1.39. The highest BCUT2D eigenvalue weighted by Crippen LogP contribution is 2.55. The molecule has 2 aliphatic heterocycles. The predicted octanol–water partition coefficient (Wildman–Crippen LogP) is 8.23. The van der Waals surface area contributed by atoms with E-state index in [1.807, 2.05) is 53.7 Å². The number of carbonyl (C=O) groups is 4. The molecule has 2 N–H and O–H groups in total. The molecule has 0 spiro atoms. The first kappa shape index (κ1) is 36.2. The van der Waals surface area contributed by atoms with Crippen LogP contribution in [0.2, 0.25) is 0 Å². The normalized spacial score (nSPS) is 19.7. The average molecular weight is 675 g/mol. The van der Waals surface area contributed by atoms with Crippen molar-refractivity contribution in [1.82, 2.24) is 9.80 Å². The molecule has 0 aromatic heterocycles. The van der Waals surface area contributed by atoms with E-state index in [0.29, 0.717) is 37.3 Å². The summed E-state index contributed by atoms with van der Waals surface area (Å²) in [7, 11) is 0. The van der Waals surface area contributed by atoms with Gasteiger partial charge in [-0.25, -0.2) is 9.59 Å². The van der Waals surface area contributed by atoms with Crippen LogP contribution >= 0.6 is 0 Å². The fourth-order valence-corrected chi connectivity index (χ4v) is 7.78. The minimum atomic E-state index is -0.642. The second-order valence-corrected chi connectivity index (χ2v) is 15.7. The lowest BCUT2D eigenvalue weighted by Gasteiger charge is -2.32. The molecule has 4 amide bonds. The maximum atomic E-state index is 13.6. The van der Waals surface area contributed by atoms with Crippen LogP contribution in [0, 0.1) is 0 Å². The SMILES string of the molecule is CCCC1(CCC)c2cc(NC(=O)[C@@H]3CCCN3C(=O)OC(C)(C)C)ccc2-c2ccc(NC(=O)[C@@H]3CCCN3C(=O)OC(C)(C)C)cc21. The van der Waals surface area contributed by atoms with Crippen LogP contribution < -0.4 is 10.6 Å². The van der Waals surface area contributed by atoms with Crippen molar-refractivity contribution in [3.8, 4) is 11.1 Å². The second-order valence-electron chi connectivity index (χ2n) is 15.7. The zero-order chi connectivity index (χ0) is 35.7. The molecule has 0 bridgehead atoms. The predicted molar refractivity (Wildman–Crippen MR) is 192 cm³/mol. The van der Waals surface area contributed by atoms with Gasteiger partial charge in [-0.2, -0.15) is 0 Å². The van der Waals surface area contributed by atoms with Crippen LogP contribution in [0.1, 0.15) is 118 Å². The lowest BCUT2D eigenvalue weighted by molar-refractivity contribution is -0.121. The van der Waals surface area contributed by atoms with E-state index in [4.69, 9.17) is 9.47 Å². The van der Waals surface area contributed by atoms with Crippen LogP contribution in [0.25, 0.3) is 11.1 Å². The van der Waals surface area contributed by atoms with E-state index in [1.165, 1.54) is 9.80 Å². The molecule has 2 heterocycles. The third kappa shape index (κ3) is 7.73. The van der Waals surface area contributed by atoms with Crippen molar-refractivity contribution in [1.29, 1.82) is 0 Å². The number of nitrogens with one attached hydrogen (secondary N) is 2. The lowest BCUT2D eigenvalue weighted by atomic mass is 9.71. The molecule has 0 unspecified atom stereocenters. The third-order valence-electron chi connectivity index (χ3n) is 9.62. The number of carbonyl (C=O) groups excluding carboxylic acids is 4. The van der Waals surface area contributed by atoms with E-state index in [-0.39, 0.29) is 17.2 Å². The number of nitrogens with zero attached hydrogens (tertiary/aromatic N) is 2. The molecule has 1 aliphatic carbocycles. The molecule has 0 radical (unpaired) electrons. The van der Waals surface area contributed by atoms with Gasteiger partial charge < -0.3 is 20.1 Å². The van der Waals surface area contributed by atoms with Gasteiger partial charge in [-0.3, -0.25) is 19.4 Å². The lowest BCUT2D eigenvalue weighted by Crippen LogP contribution is -2.45. The molecule has 5 rings (SSSR count). The minimum absolute atomic E-state index is 0.215. The van der Waals surface area contributed by atoms with Gasteiger partial charge in [0.25, 0.3) is 0 Å². The summed E-state index contributed by atoms with van der Waals surface area (Å²) in [6.45, 7) is 16.3. The second kappa shape index (κ2) is 14.0. The summed E-state index contributed by atoms with van der Waals surface area (Å²) in [6, 6.07) is 11.0. The number of rotatable bonds is 8. The van der Waals surface area contributed by atoms with E-state index < -0.39 is 35.5 Å². The Labute approximate surface area is 291 Å². The Morgan fingerprint density at radius 2 is 1.08 bits per heavy atom. The molecule has 3 aliphatic rings. The van der Waals surface area contributed by atoms with Crippen LogP contribution in [-0.4, -0.2) is 70.2 Å². The number of amides is 4. The van der Waals surface area contributed by atoms with Crippen LogP contribution in [0.15, 0.2) is 36.4 Å². The minimum Gasteiger partial charge on any atom is -0.444 e. The van der Waals surface area contributed by atoms with Crippen LogP contribution in [-0.2, 0) is 24.5 Å². The fraction of sp³-hybridized carbons (Fsp3) is 0.590. The molecule has 10 heteroatoms. The Hall–Kier alpha value is -4.08. The van der Waals surface area contributed by atoms with Crippen LogP contribution in [0.4, 0.5) is 21.0 Å². The first-order valence-corrected chi connectivity index (χ1v) is 18.0. The van der Waals surface area contributed by atoms with E-state index >= 15 is 0 Å². The monoisotopic (exact) mass is 674 g/mol. The molecular weight excluding hydrogens is 620 g/mol. The van der Waals surface area contributed by atoms with Crippen molar-refractivity contribution >= 4 is 35.4 Å². The summed E-state index contributed by atoms with van der Waals surface area (Å²) in [5.74, 6) is -0.430. The fourth-order valence-electron chi connectivity index (χ4n) is 7.78. The molecule has 0 saturated carbocycles. The number of likely N-dealkylation sites (tertiary alicyclic amines) is 2. The van der Waals surface area contributed by atoms with Gasteiger partial charge in [0.15, 0.2) is 0 Å². The Morgan fingerprint density at radius 1 is 0.694 bits per heavy atom. The number of hydrogen-bond donors (Lipinski definition) is 2. The van der Waals surface area contributed by atoms with Crippen LogP contribution in [0.5, 0.6) is 0 Å². The molecule has 266 valence electrons. The molecule has 2 aromatic carbocycles. The van der Waals surface area contributed by atoms with Crippen molar-refractivity contribution in [3.63, 3.8) is 0 Å². The van der Waals surface area contributed by atoms with Gasteiger partial charge in [0.05, 0.1) is 0 Å². The molecule has 2 saturated heterocycles. The summed E-state index contributed by atoms with van der Waals surface area (Å²) >= 11 is 0. The first-order valence-electron chi connectivity index (χ1n) is 18.0. The van der Waals surface area contributed by atoms with E-state index in [9.17, 15) is 19.2 Å². The van der Waals surface area contributed by atoms with Gasteiger partial charge in [0.1, 0.15) is 23.3 Å². The summed E-state index contributed by atoms with van der Waals surface area (Å²) in [5, 5.41) is 6.24. The molecular formula is C39H54N4O6. The van der Waals surface area contributed by atoms with Gasteiger partial charge in [0, 0.05) is 29.9 Å². The summed E-state index contributed by atoms with van der Waals surface area (Å²) in [4.78, 5) is 56.0. The quantitative estimate of drug-likeness (QED) is 0.291. The number of fused-ring (bicyclic) bond motifs is 3. The van der Waals surface area contributed by atoms with Gasteiger partial charge >= 0.3 is 12.2 Å².